The van der Waals surface area contributed by atoms with Crippen LogP contribution in [0.3, 0.4) is 0 Å². The van der Waals surface area contributed by atoms with Gasteiger partial charge in [0.15, 0.2) is 5.82 Å². The molecule has 1 amide bonds. The number of nitrogens with one attached hydrogen (secondary N) is 2. The highest BCUT2D eigenvalue weighted by Gasteiger charge is 2.10. The molecule has 0 spiro atoms. The summed E-state index contributed by atoms with van der Waals surface area (Å²) in [7, 11) is 0. The largest absolute Gasteiger partial charge is 0.345 e. The van der Waals surface area contributed by atoms with Gasteiger partial charge in [0.1, 0.15) is 0 Å². The first-order valence-corrected chi connectivity index (χ1v) is 5.75. The summed E-state index contributed by atoms with van der Waals surface area (Å²) in [6.45, 7) is 3.77. The number of aromatic nitrogens is 2. The number of anilines is 1. The van der Waals surface area contributed by atoms with Crippen molar-refractivity contribution in [2.45, 2.75) is 20.4 Å². The number of nitrogen functional groups attached to an aromatic ring is 1. The van der Waals surface area contributed by atoms with Gasteiger partial charge in [0.2, 0.25) is 5.89 Å². The van der Waals surface area contributed by atoms with Gasteiger partial charge in [-0.2, -0.15) is 4.98 Å². The van der Waals surface area contributed by atoms with Crippen LogP contribution in [0.4, 0.5) is 5.69 Å². The third-order valence-electron chi connectivity index (χ3n) is 2.61. The molecule has 2 aromatic rings. The van der Waals surface area contributed by atoms with E-state index in [1.54, 1.807) is 25.1 Å². The van der Waals surface area contributed by atoms with Gasteiger partial charge in [-0.25, -0.2) is 0 Å². The fraction of sp³-hybridized carbons (Fsp3) is 0.250. The Balaban J connectivity index is 2.03. The van der Waals surface area contributed by atoms with E-state index in [1.807, 2.05) is 6.92 Å². The van der Waals surface area contributed by atoms with Gasteiger partial charge in [-0.3, -0.25) is 10.6 Å². The van der Waals surface area contributed by atoms with Crippen LogP contribution in [0.1, 0.15) is 27.6 Å². The van der Waals surface area contributed by atoms with Gasteiger partial charge < -0.3 is 15.3 Å². The number of rotatable bonds is 4. The Kier molecular flexibility index (Phi) is 3.76. The maximum Gasteiger partial charge on any atom is 0.251 e. The van der Waals surface area contributed by atoms with Gasteiger partial charge in [-0.1, -0.05) is 5.16 Å². The third-order valence-corrected chi connectivity index (χ3v) is 2.61. The number of hydrogen-bond donors (Lipinski definition) is 3. The number of benzene rings is 1. The lowest BCUT2D eigenvalue weighted by atomic mass is 10.1. The molecule has 0 unspecified atom stereocenters. The van der Waals surface area contributed by atoms with Crippen LogP contribution >= 0.6 is 0 Å². The summed E-state index contributed by atoms with van der Waals surface area (Å²) in [4.78, 5) is 16.0. The molecule has 0 aliphatic rings. The van der Waals surface area contributed by atoms with Crippen LogP contribution in [-0.4, -0.2) is 16.0 Å². The number of aryl methyl sites for hydroxylation is 2. The minimum atomic E-state index is -0.191. The zero-order chi connectivity index (χ0) is 13.8. The van der Waals surface area contributed by atoms with E-state index in [4.69, 9.17) is 10.4 Å². The highest BCUT2D eigenvalue weighted by Crippen LogP contribution is 2.14. The fourth-order valence-electron chi connectivity index (χ4n) is 1.68. The van der Waals surface area contributed by atoms with Gasteiger partial charge in [0.25, 0.3) is 5.91 Å². The van der Waals surface area contributed by atoms with Crippen molar-refractivity contribution >= 4 is 11.6 Å². The SMILES string of the molecule is Cc1nc(CNC(=O)c2ccc(NN)cc2C)no1. The monoisotopic (exact) mass is 261 g/mol. The summed E-state index contributed by atoms with van der Waals surface area (Å²) < 4.78 is 4.82. The molecule has 0 atom stereocenters. The Morgan fingerprint density at radius 3 is 2.79 bits per heavy atom. The van der Waals surface area contributed by atoms with E-state index in [-0.39, 0.29) is 12.5 Å². The van der Waals surface area contributed by atoms with Crippen molar-refractivity contribution in [1.82, 2.24) is 15.5 Å². The second-order valence-corrected chi connectivity index (χ2v) is 4.09. The standard InChI is InChI=1S/C12H15N5O2/c1-7-5-9(16-13)3-4-10(7)12(18)14-6-11-15-8(2)19-17-11/h3-5,16H,6,13H2,1-2H3,(H,14,18). The Bertz CT molecular complexity index is 594. The van der Waals surface area contributed by atoms with Crippen LogP contribution in [0.15, 0.2) is 22.7 Å². The van der Waals surface area contributed by atoms with E-state index in [0.717, 1.165) is 11.3 Å². The summed E-state index contributed by atoms with van der Waals surface area (Å²) in [5.74, 6) is 6.03. The summed E-state index contributed by atoms with van der Waals surface area (Å²) in [6, 6.07) is 5.25. The van der Waals surface area contributed by atoms with Crippen LogP contribution in [0.5, 0.6) is 0 Å². The lowest BCUT2D eigenvalue weighted by molar-refractivity contribution is 0.0949. The van der Waals surface area contributed by atoms with Crippen molar-refractivity contribution in [3.05, 3.63) is 41.0 Å². The first-order chi connectivity index (χ1) is 9.10. The van der Waals surface area contributed by atoms with Crippen molar-refractivity contribution in [3.63, 3.8) is 0 Å². The van der Waals surface area contributed by atoms with E-state index in [1.165, 1.54) is 0 Å². The molecule has 0 saturated carbocycles. The van der Waals surface area contributed by atoms with Crippen LogP contribution in [0.25, 0.3) is 0 Å². The number of nitrogens with two attached hydrogens (primary N) is 1. The number of hydrazine groups is 1. The molecule has 100 valence electrons. The van der Waals surface area contributed by atoms with Crippen LogP contribution in [0.2, 0.25) is 0 Å². The van der Waals surface area contributed by atoms with Gasteiger partial charge in [-0.15, -0.1) is 0 Å². The lowest BCUT2D eigenvalue weighted by Crippen LogP contribution is -2.24. The fourth-order valence-corrected chi connectivity index (χ4v) is 1.68. The predicted octanol–water partition coefficient (Wildman–Crippen LogP) is 0.902. The quantitative estimate of drug-likeness (QED) is 0.557. The van der Waals surface area contributed by atoms with E-state index >= 15 is 0 Å². The number of hydrogen-bond acceptors (Lipinski definition) is 6. The van der Waals surface area contributed by atoms with E-state index in [9.17, 15) is 4.79 Å². The van der Waals surface area contributed by atoms with Crippen molar-refractivity contribution in [2.24, 2.45) is 5.84 Å². The summed E-state index contributed by atoms with van der Waals surface area (Å²) in [6.07, 6.45) is 0. The molecule has 0 aliphatic heterocycles. The molecular formula is C12H15N5O2. The molecule has 19 heavy (non-hydrogen) atoms. The molecule has 0 radical (unpaired) electrons. The molecule has 1 heterocycles. The van der Waals surface area contributed by atoms with E-state index in [2.05, 4.69) is 20.9 Å². The molecule has 4 N–H and O–H groups in total. The third kappa shape index (κ3) is 3.08. The Labute approximate surface area is 110 Å². The average molecular weight is 261 g/mol. The number of carbonyl (C=O) groups excluding carboxylic acids is 1. The number of carbonyl (C=O) groups is 1. The summed E-state index contributed by atoms with van der Waals surface area (Å²) in [5.41, 5.74) is 4.70. The predicted molar refractivity (Wildman–Crippen MR) is 69.2 cm³/mol. The highest BCUT2D eigenvalue weighted by molar-refractivity contribution is 5.95. The van der Waals surface area contributed by atoms with Crippen molar-refractivity contribution in [1.29, 1.82) is 0 Å². The Morgan fingerprint density at radius 1 is 1.42 bits per heavy atom. The zero-order valence-electron chi connectivity index (χ0n) is 10.7. The normalized spacial score (nSPS) is 10.3. The first-order valence-electron chi connectivity index (χ1n) is 5.75. The van der Waals surface area contributed by atoms with Gasteiger partial charge in [-0.05, 0) is 30.7 Å². The Morgan fingerprint density at radius 2 is 2.21 bits per heavy atom. The van der Waals surface area contributed by atoms with E-state index < -0.39 is 0 Å². The van der Waals surface area contributed by atoms with Crippen molar-refractivity contribution in [3.8, 4) is 0 Å². The molecule has 0 saturated heterocycles. The van der Waals surface area contributed by atoms with Crippen LogP contribution < -0.4 is 16.6 Å². The molecule has 7 heteroatoms. The van der Waals surface area contributed by atoms with Gasteiger partial charge in [0.05, 0.1) is 6.54 Å². The zero-order valence-corrected chi connectivity index (χ0v) is 10.7. The molecule has 1 aromatic carbocycles. The minimum absolute atomic E-state index is 0.191. The average Bonchev–Trinajstić information content (AvgIpc) is 2.81. The smallest absolute Gasteiger partial charge is 0.251 e. The summed E-state index contributed by atoms with van der Waals surface area (Å²) >= 11 is 0. The topological polar surface area (TPSA) is 106 Å². The second-order valence-electron chi connectivity index (χ2n) is 4.09. The van der Waals surface area contributed by atoms with E-state index in [0.29, 0.717) is 17.3 Å². The first kappa shape index (κ1) is 13.0. The van der Waals surface area contributed by atoms with Gasteiger partial charge >= 0.3 is 0 Å². The molecule has 1 aromatic heterocycles. The number of nitrogens with zero attached hydrogens (tertiary/aromatic N) is 2. The molecule has 2 rings (SSSR count). The second kappa shape index (κ2) is 5.49. The summed E-state index contributed by atoms with van der Waals surface area (Å²) in [5, 5.41) is 6.44. The highest BCUT2D eigenvalue weighted by atomic mass is 16.5. The molecule has 7 nitrogen and oxygen atoms in total. The van der Waals surface area contributed by atoms with Crippen LogP contribution in [0, 0.1) is 13.8 Å². The molecule has 0 bridgehead atoms. The molecule has 0 aliphatic carbocycles. The maximum absolute atomic E-state index is 12.0. The lowest BCUT2D eigenvalue weighted by Gasteiger charge is -2.08. The molecule has 0 fully saturated rings. The molecular weight excluding hydrogens is 246 g/mol. The Hall–Kier alpha value is -2.41. The number of amides is 1. The minimum Gasteiger partial charge on any atom is -0.345 e. The van der Waals surface area contributed by atoms with Crippen molar-refractivity contribution < 1.29 is 9.32 Å². The van der Waals surface area contributed by atoms with Crippen LogP contribution in [-0.2, 0) is 6.54 Å². The maximum atomic E-state index is 12.0. The van der Waals surface area contributed by atoms with Gasteiger partial charge in [0, 0.05) is 18.2 Å². The van der Waals surface area contributed by atoms with Crippen molar-refractivity contribution in [2.75, 3.05) is 5.43 Å².